The second-order valence-corrected chi connectivity index (χ2v) is 5.55. The van der Waals surface area contributed by atoms with Crippen LogP contribution in [0.15, 0.2) is 24.3 Å². The molecule has 21 heavy (non-hydrogen) atoms. The molecule has 0 saturated heterocycles. The molecular weight excluding hydrogens is 290 g/mol. The number of benzene rings is 1. The van der Waals surface area contributed by atoms with Gasteiger partial charge in [-0.05, 0) is 25.5 Å². The molecule has 0 spiro atoms. The van der Waals surface area contributed by atoms with E-state index in [4.69, 9.17) is 5.26 Å². The molecule has 0 fully saturated rings. The number of nitrogens with one attached hydrogen (secondary N) is 1. The predicted molar refractivity (Wildman–Crippen MR) is 79.6 cm³/mol. The Morgan fingerprint density at radius 3 is 2.67 bits per heavy atom. The van der Waals surface area contributed by atoms with Crippen LogP contribution in [-0.2, 0) is 0 Å². The van der Waals surface area contributed by atoms with Gasteiger partial charge in [0.15, 0.2) is 0 Å². The van der Waals surface area contributed by atoms with Gasteiger partial charge in [0.05, 0.1) is 10.5 Å². The topological polar surface area (TPSA) is 96.0 Å². The highest BCUT2D eigenvalue weighted by Gasteiger charge is 2.21. The zero-order valence-corrected chi connectivity index (χ0v) is 12.2. The largest absolute Gasteiger partial charge is 0.312 e. The van der Waals surface area contributed by atoms with Crippen LogP contribution in [0.25, 0.3) is 0 Å². The van der Waals surface area contributed by atoms with E-state index in [2.05, 4.69) is 5.32 Å². The number of nitrogens with zero attached hydrogens (tertiary/aromatic N) is 2. The van der Waals surface area contributed by atoms with Crippen LogP contribution in [0, 0.1) is 35.3 Å². The van der Waals surface area contributed by atoms with Gasteiger partial charge in [-0.1, -0.05) is 12.1 Å². The SMILES string of the molecule is Cc1sc(NC(=O)c2ccccc2[N+](=O)[O-])c(C#N)c1C. The first kappa shape index (κ1) is 14.7. The lowest BCUT2D eigenvalue weighted by atomic mass is 10.1. The van der Waals surface area contributed by atoms with Gasteiger partial charge in [-0.25, -0.2) is 0 Å². The number of carbonyl (C=O) groups excluding carboxylic acids is 1. The van der Waals surface area contributed by atoms with Crippen molar-refractivity contribution in [3.05, 3.63) is 55.9 Å². The minimum Gasteiger partial charge on any atom is -0.312 e. The molecule has 7 heteroatoms. The van der Waals surface area contributed by atoms with E-state index in [0.717, 1.165) is 10.4 Å². The number of aryl methyl sites for hydroxylation is 1. The molecule has 1 aromatic heterocycles. The molecule has 0 unspecified atom stereocenters. The summed E-state index contributed by atoms with van der Waals surface area (Å²) in [5.74, 6) is -0.597. The van der Waals surface area contributed by atoms with Gasteiger partial charge in [-0.3, -0.25) is 14.9 Å². The molecule has 1 aromatic carbocycles. The summed E-state index contributed by atoms with van der Waals surface area (Å²) in [5, 5.41) is 23.1. The van der Waals surface area contributed by atoms with Crippen LogP contribution in [0.4, 0.5) is 10.7 Å². The van der Waals surface area contributed by atoms with E-state index >= 15 is 0 Å². The molecule has 0 radical (unpaired) electrons. The Labute approximate surface area is 124 Å². The van der Waals surface area contributed by atoms with E-state index < -0.39 is 10.8 Å². The van der Waals surface area contributed by atoms with E-state index in [1.807, 2.05) is 13.0 Å². The first-order chi connectivity index (χ1) is 9.95. The average Bonchev–Trinajstić information content (AvgIpc) is 2.73. The number of anilines is 1. The summed E-state index contributed by atoms with van der Waals surface area (Å²) in [6.45, 7) is 3.65. The van der Waals surface area contributed by atoms with Gasteiger partial charge in [0.2, 0.25) is 0 Å². The Morgan fingerprint density at radius 1 is 1.38 bits per heavy atom. The highest BCUT2D eigenvalue weighted by Crippen LogP contribution is 2.32. The summed E-state index contributed by atoms with van der Waals surface area (Å²) in [6.07, 6.45) is 0. The number of carbonyl (C=O) groups is 1. The minimum absolute atomic E-state index is 0.0323. The molecule has 0 aliphatic heterocycles. The van der Waals surface area contributed by atoms with Crippen molar-refractivity contribution in [1.82, 2.24) is 0 Å². The standard InChI is InChI=1S/C14H11N3O3S/c1-8-9(2)21-14(11(8)7-15)16-13(18)10-5-3-4-6-12(10)17(19)20/h3-6H,1-2H3,(H,16,18). The Morgan fingerprint density at radius 2 is 2.05 bits per heavy atom. The maximum absolute atomic E-state index is 12.2. The van der Waals surface area contributed by atoms with Crippen LogP contribution in [0.1, 0.15) is 26.4 Å². The van der Waals surface area contributed by atoms with Gasteiger partial charge in [0.25, 0.3) is 11.6 Å². The fraction of sp³-hybridized carbons (Fsp3) is 0.143. The fourth-order valence-electron chi connectivity index (χ4n) is 1.84. The quantitative estimate of drug-likeness (QED) is 0.694. The summed E-state index contributed by atoms with van der Waals surface area (Å²) >= 11 is 1.28. The summed E-state index contributed by atoms with van der Waals surface area (Å²) in [7, 11) is 0. The molecule has 0 aliphatic carbocycles. The predicted octanol–water partition coefficient (Wildman–Crippen LogP) is 3.40. The Hall–Kier alpha value is -2.72. The summed E-state index contributed by atoms with van der Waals surface area (Å²) < 4.78 is 0. The molecule has 0 bridgehead atoms. The number of rotatable bonds is 3. The van der Waals surface area contributed by atoms with Gasteiger partial charge in [-0.15, -0.1) is 11.3 Å². The Bertz CT molecular complexity index is 774. The highest BCUT2D eigenvalue weighted by atomic mass is 32.1. The molecule has 1 heterocycles. The Balaban J connectivity index is 2.38. The number of amides is 1. The third-order valence-electron chi connectivity index (χ3n) is 3.07. The van der Waals surface area contributed by atoms with Crippen LogP contribution < -0.4 is 5.32 Å². The molecule has 6 nitrogen and oxygen atoms in total. The lowest BCUT2D eigenvalue weighted by Crippen LogP contribution is -2.13. The van der Waals surface area contributed by atoms with Crippen molar-refractivity contribution in [2.45, 2.75) is 13.8 Å². The van der Waals surface area contributed by atoms with Crippen LogP contribution in [0.3, 0.4) is 0 Å². The molecular formula is C14H11N3O3S. The van der Waals surface area contributed by atoms with E-state index in [-0.39, 0.29) is 11.3 Å². The summed E-state index contributed by atoms with van der Waals surface area (Å²) in [5.41, 5.74) is 0.901. The van der Waals surface area contributed by atoms with Gasteiger partial charge in [0, 0.05) is 10.9 Å². The maximum Gasteiger partial charge on any atom is 0.282 e. The second kappa shape index (κ2) is 5.73. The highest BCUT2D eigenvalue weighted by molar-refractivity contribution is 7.16. The third-order valence-corrected chi connectivity index (χ3v) is 4.19. The van der Waals surface area contributed by atoms with E-state index in [1.165, 1.54) is 29.5 Å². The molecule has 106 valence electrons. The van der Waals surface area contributed by atoms with Gasteiger partial charge in [-0.2, -0.15) is 5.26 Å². The van der Waals surface area contributed by atoms with Crippen molar-refractivity contribution in [3.8, 4) is 6.07 Å². The Kier molecular flexibility index (Phi) is 4.00. The van der Waals surface area contributed by atoms with E-state index in [9.17, 15) is 14.9 Å². The van der Waals surface area contributed by atoms with Crippen molar-refractivity contribution in [2.24, 2.45) is 0 Å². The molecule has 2 aromatic rings. The van der Waals surface area contributed by atoms with Gasteiger partial charge >= 0.3 is 0 Å². The molecule has 0 saturated carbocycles. The normalized spacial score (nSPS) is 9.95. The maximum atomic E-state index is 12.2. The number of para-hydroxylation sites is 1. The molecule has 2 rings (SSSR count). The van der Waals surface area contributed by atoms with Crippen LogP contribution in [-0.4, -0.2) is 10.8 Å². The lowest BCUT2D eigenvalue weighted by molar-refractivity contribution is -0.385. The molecule has 1 N–H and O–H groups in total. The minimum atomic E-state index is -0.606. The van der Waals surface area contributed by atoms with Crippen molar-refractivity contribution in [2.75, 3.05) is 5.32 Å². The van der Waals surface area contributed by atoms with Crippen molar-refractivity contribution in [1.29, 1.82) is 5.26 Å². The van der Waals surface area contributed by atoms with Gasteiger partial charge in [0.1, 0.15) is 16.6 Å². The summed E-state index contributed by atoms with van der Waals surface area (Å²) in [4.78, 5) is 23.5. The number of nitro benzene ring substituents is 1. The monoisotopic (exact) mass is 301 g/mol. The number of nitro groups is 1. The number of hydrogen-bond acceptors (Lipinski definition) is 5. The second-order valence-electron chi connectivity index (χ2n) is 4.33. The van der Waals surface area contributed by atoms with Gasteiger partial charge < -0.3 is 5.32 Å². The first-order valence-electron chi connectivity index (χ1n) is 6.00. The summed E-state index contributed by atoms with van der Waals surface area (Å²) in [6, 6.07) is 7.74. The zero-order chi connectivity index (χ0) is 15.6. The number of thiophene rings is 1. The number of nitriles is 1. The van der Waals surface area contributed by atoms with Crippen LogP contribution >= 0.6 is 11.3 Å². The molecule has 0 atom stereocenters. The van der Waals surface area contributed by atoms with Crippen LogP contribution in [0.2, 0.25) is 0 Å². The van der Waals surface area contributed by atoms with Crippen molar-refractivity contribution >= 4 is 27.9 Å². The van der Waals surface area contributed by atoms with Crippen molar-refractivity contribution < 1.29 is 9.72 Å². The van der Waals surface area contributed by atoms with Crippen LogP contribution in [0.5, 0.6) is 0 Å². The third kappa shape index (κ3) is 2.75. The van der Waals surface area contributed by atoms with Crippen molar-refractivity contribution in [3.63, 3.8) is 0 Å². The van der Waals surface area contributed by atoms with E-state index in [1.54, 1.807) is 13.0 Å². The fourth-order valence-corrected chi connectivity index (χ4v) is 2.85. The average molecular weight is 301 g/mol. The lowest BCUT2D eigenvalue weighted by Gasteiger charge is -2.04. The smallest absolute Gasteiger partial charge is 0.282 e. The van der Waals surface area contributed by atoms with E-state index in [0.29, 0.717) is 10.6 Å². The zero-order valence-electron chi connectivity index (χ0n) is 11.3. The number of hydrogen-bond donors (Lipinski definition) is 1. The molecule has 1 amide bonds. The molecule has 0 aliphatic rings. The first-order valence-corrected chi connectivity index (χ1v) is 6.82.